The first-order valence-corrected chi connectivity index (χ1v) is 8.27. The van der Waals surface area contributed by atoms with Crippen molar-refractivity contribution >= 4 is 17.2 Å². The van der Waals surface area contributed by atoms with Crippen LogP contribution in [0.4, 0.5) is 0 Å². The molecule has 1 aliphatic carbocycles. The van der Waals surface area contributed by atoms with Crippen LogP contribution in [0.5, 0.6) is 0 Å². The lowest BCUT2D eigenvalue weighted by Crippen LogP contribution is -2.47. The molecular formula is C15H20N2OS. The number of hydrogen-bond acceptors (Lipinski definition) is 3. The van der Waals surface area contributed by atoms with Crippen LogP contribution in [0.2, 0.25) is 0 Å². The highest BCUT2D eigenvalue weighted by molar-refractivity contribution is 7.10. The summed E-state index contributed by atoms with van der Waals surface area (Å²) in [6.45, 7) is 2.99. The highest BCUT2D eigenvalue weighted by atomic mass is 32.1. The Morgan fingerprint density at radius 1 is 1.42 bits per heavy atom. The van der Waals surface area contributed by atoms with Gasteiger partial charge < -0.3 is 10.2 Å². The zero-order valence-corrected chi connectivity index (χ0v) is 11.9. The number of nitrogens with zero attached hydrogens (tertiary/aromatic N) is 1. The van der Waals surface area contributed by atoms with Crippen LogP contribution in [-0.2, 0) is 11.2 Å². The van der Waals surface area contributed by atoms with Gasteiger partial charge in [-0.25, -0.2) is 0 Å². The van der Waals surface area contributed by atoms with Gasteiger partial charge in [0.25, 0.3) is 0 Å². The van der Waals surface area contributed by atoms with E-state index in [4.69, 9.17) is 0 Å². The van der Waals surface area contributed by atoms with Crippen LogP contribution < -0.4 is 5.32 Å². The van der Waals surface area contributed by atoms with Crippen molar-refractivity contribution in [3.8, 4) is 0 Å². The summed E-state index contributed by atoms with van der Waals surface area (Å²) in [6, 6.07) is 2.66. The molecule has 2 fully saturated rings. The number of carbonyl (C=O) groups is 1. The predicted molar refractivity (Wildman–Crippen MR) is 76.2 cm³/mol. The lowest BCUT2D eigenvalue weighted by atomic mass is 9.93. The Bertz CT molecular complexity index is 490. The normalized spacial score (nSPS) is 26.9. The molecule has 3 heterocycles. The minimum atomic E-state index is 0.389. The van der Waals surface area contributed by atoms with E-state index in [1.54, 1.807) is 0 Å². The van der Waals surface area contributed by atoms with Crippen molar-refractivity contribution in [2.24, 2.45) is 11.8 Å². The largest absolute Gasteiger partial charge is 0.335 e. The first kappa shape index (κ1) is 11.9. The molecule has 1 aromatic rings. The second-order valence-electron chi connectivity index (χ2n) is 6.15. The highest BCUT2D eigenvalue weighted by Gasteiger charge is 2.42. The Labute approximate surface area is 118 Å². The summed E-state index contributed by atoms with van der Waals surface area (Å²) >= 11 is 1.87. The van der Waals surface area contributed by atoms with Crippen molar-refractivity contribution in [3.63, 3.8) is 0 Å². The Balaban J connectivity index is 1.55. The maximum atomic E-state index is 12.6. The van der Waals surface area contributed by atoms with Gasteiger partial charge in [0.05, 0.1) is 6.04 Å². The van der Waals surface area contributed by atoms with Crippen molar-refractivity contribution in [1.82, 2.24) is 10.2 Å². The number of carbonyl (C=O) groups excluding carboxylic acids is 1. The first-order chi connectivity index (χ1) is 9.33. The quantitative estimate of drug-likeness (QED) is 0.918. The summed E-state index contributed by atoms with van der Waals surface area (Å²) in [5.74, 6) is 1.70. The molecule has 4 heteroatoms. The fourth-order valence-corrected chi connectivity index (χ4v) is 4.32. The molecule has 0 aromatic carbocycles. The third kappa shape index (κ3) is 2.11. The van der Waals surface area contributed by atoms with E-state index in [0.29, 0.717) is 17.9 Å². The van der Waals surface area contributed by atoms with Crippen molar-refractivity contribution in [2.45, 2.75) is 31.7 Å². The van der Waals surface area contributed by atoms with Crippen LogP contribution >= 0.6 is 11.3 Å². The van der Waals surface area contributed by atoms with Gasteiger partial charge >= 0.3 is 0 Å². The zero-order valence-electron chi connectivity index (χ0n) is 11.1. The van der Waals surface area contributed by atoms with Crippen LogP contribution in [0.3, 0.4) is 0 Å². The maximum Gasteiger partial charge on any atom is 0.223 e. The molecule has 3 aliphatic rings. The summed E-state index contributed by atoms with van der Waals surface area (Å²) in [5, 5.41) is 5.46. The average Bonchev–Trinajstić information content (AvgIpc) is 3.09. The maximum absolute atomic E-state index is 12.6. The lowest BCUT2D eigenvalue weighted by molar-refractivity contribution is -0.136. The molecule has 3 nitrogen and oxygen atoms in total. The van der Waals surface area contributed by atoms with Crippen LogP contribution in [0, 0.1) is 11.8 Å². The predicted octanol–water partition coefficient (Wildman–Crippen LogP) is 2.19. The Morgan fingerprint density at radius 3 is 2.95 bits per heavy atom. The topological polar surface area (TPSA) is 32.3 Å². The van der Waals surface area contributed by atoms with E-state index < -0.39 is 0 Å². The molecule has 0 spiro atoms. The molecule has 0 bridgehead atoms. The molecule has 1 atom stereocenters. The van der Waals surface area contributed by atoms with Crippen LogP contribution in [-0.4, -0.2) is 30.4 Å². The third-order valence-corrected chi connectivity index (χ3v) is 5.73. The Hall–Kier alpha value is -0.870. The second kappa shape index (κ2) is 4.60. The molecule has 1 unspecified atom stereocenters. The van der Waals surface area contributed by atoms with Gasteiger partial charge in [-0.15, -0.1) is 11.3 Å². The fourth-order valence-electron chi connectivity index (χ4n) is 3.40. The molecule has 0 radical (unpaired) electrons. The zero-order chi connectivity index (χ0) is 12.8. The SMILES string of the molecule is O=C(CC1CNC1)N1CCc2sccc2C1C1CC1. The number of fused-ring (bicyclic) bond motifs is 1. The van der Waals surface area contributed by atoms with E-state index in [1.165, 1.54) is 23.3 Å². The molecule has 1 saturated heterocycles. The van der Waals surface area contributed by atoms with Crippen molar-refractivity contribution < 1.29 is 4.79 Å². The molecule has 1 N–H and O–H groups in total. The van der Waals surface area contributed by atoms with Crippen molar-refractivity contribution in [1.29, 1.82) is 0 Å². The summed E-state index contributed by atoms with van der Waals surface area (Å²) in [4.78, 5) is 16.3. The standard InChI is InChI=1S/C15H20N2OS/c18-14(7-10-8-16-9-10)17-5-3-13-12(4-6-19-13)15(17)11-1-2-11/h4,6,10-11,15-16H,1-3,5,7-9H2. The molecule has 1 saturated carbocycles. The number of amides is 1. The van der Waals surface area contributed by atoms with Gasteiger partial charge in [0.2, 0.25) is 5.91 Å². The minimum Gasteiger partial charge on any atom is -0.335 e. The molecule has 4 rings (SSSR count). The van der Waals surface area contributed by atoms with Gasteiger partial charge in [0.1, 0.15) is 0 Å². The second-order valence-corrected chi connectivity index (χ2v) is 7.15. The number of hydrogen-bond donors (Lipinski definition) is 1. The van der Waals surface area contributed by atoms with Gasteiger partial charge in [0, 0.05) is 17.8 Å². The van der Waals surface area contributed by atoms with Gasteiger partial charge in [-0.2, -0.15) is 0 Å². The number of rotatable bonds is 3. The van der Waals surface area contributed by atoms with Crippen LogP contribution in [0.15, 0.2) is 11.4 Å². The molecule has 1 aromatic heterocycles. The van der Waals surface area contributed by atoms with Crippen LogP contribution in [0.1, 0.15) is 35.7 Å². The van der Waals surface area contributed by atoms with E-state index in [9.17, 15) is 4.79 Å². The monoisotopic (exact) mass is 276 g/mol. The van der Waals surface area contributed by atoms with E-state index in [0.717, 1.165) is 38.4 Å². The van der Waals surface area contributed by atoms with Gasteiger partial charge in [-0.1, -0.05) is 0 Å². The highest BCUT2D eigenvalue weighted by Crippen LogP contribution is 2.48. The smallest absolute Gasteiger partial charge is 0.223 e. The van der Waals surface area contributed by atoms with E-state index in [-0.39, 0.29) is 0 Å². The summed E-state index contributed by atoms with van der Waals surface area (Å²) < 4.78 is 0. The third-order valence-electron chi connectivity index (χ3n) is 4.73. The first-order valence-electron chi connectivity index (χ1n) is 7.39. The van der Waals surface area contributed by atoms with E-state index in [1.807, 2.05) is 11.3 Å². The van der Waals surface area contributed by atoms with Crippen LogP contribution in [0.25, 0.3) is 0 Å². The molecule has 19 heavy (non-hydrogen) atoms. The molecule has 102 valence electrons. The van der Waals surface area contributed by atoms with Gasteiger partial charge in [-0.05, 0) is 61.2 Å². The molecule has 2 aliphatic heterocycles. The van der Waals surface area contributed by atoms with E-state index in [2.05, 4.69) is 21.7 Å². The number of thiophene rings is 1. The number of nitrogens with one attached hydrogen (secondary N) is 1. The van der Waals surface area contributed by atoms with Crippen molar-refractivity contribution in [3.05, 3.63) is 21.9 Å². The summed E-state index contributed by atoms with van der Waals surface area (Å²) in [5.41, 5.74) is 1.46. The Kier molecular flexibility index (Phi) is 2.88. The van der Waals surface area contributed by atoms with Gasteiger partial charge in [0.15, 0.2) is 0 Å². The summed E-state index contributed by atoms with van der Waals surface area (Å²) in [6.07, 6.45) is 4.41. The molecular weight excluding hydrogens is 256 g/mol. The summed E-state index contributed by atoms with van der Waals surface area (Å²) in [7, 11) is 0. The average molecular weight is 276 g/mol. The van der Waals surface area contributed by atoms with Crippen molar-refractivity contribution in [2.75, 3.05) is 19.6 Å². The van der Waals surface area contributed by atoms with Gasteiger partial charge in [-0.3, -0.25) is 4.79 Å². The Morgan fingerprint density at radius 2 is 2.26 bits per heavy atom. The minimum absolute atomic E-state index is 0.389. The lowest BCUT2D eigenvalue weighted by Gasteiger charge is -2.38. The fraction of sp³-hybridized carbons (Fsp3) is 0.667. The van der Waals surface area contributed by atoms with E-state index >= 15 is 0 Å². The molecule has 1 amide bonds.